The molecule has 1 saturated heterocycles. The van der Waals surface area contributed by atoms with Crippen molar-refractivity contribution in [3.8, 4) is 0 Å². The topological polar surface area (TPSA) is 161 Å². The molecule has 1 aromatic heterocycles. The lowest BCUT2D eigenvalue weighted by atomic mass is 10.2. The van der Waals surface area contributed by atoms with Crippen LogP contribution in [0.15, 0.2) is 29.6 Å². The maximum Gasteiger partial charge on any atom is 0.407 e. The predicted molar refractivity (Wildman–Crippen MR) is 132 cm³/mol. The molecular formula is C21H27N5O8S2. The molecule has 1 aliphatic heterocycles. The van der Waals surface area contributed by atoms with Gasteiger partial charge in [0.1, 0.15) is 18.4 Å². The fraction of sp³-hybridized carbons (Fsp3) is 0.476. The monoisotopic (exact) mass is 541 g/mol. The predicted octanol–water partition coefficient (Wildman–Crippen LogP) is 1.99. The molecule has 3 rings (SSSR count). The number of aromatic nitrogens is 1. The average molecular weight is 542 g/mol. The summed E-state index contributed by atoms with van der Waals surface area (Å²) in [4.78, 5) is 43.0. The van der Waals surface area contributed by atoms with Crippen LogP contribution < -0.4 is 10.2 Å². The number of carbonyl (C=O) groups excluding carboxylic acids is 2. The molecule has 13 nitrogen and oxygen atoms in total. The van der Waals surface area contributed by atoms with E-state index >= 15 is 0 Å². The van der Waals surface area contributed by atoms with Crippen LogP contribution in [0.2, 0.25) is 0 Å². The molecule has 1 aliphatic rings. The zero-order valence-electron chi connectivity index (χ0n) is 19.9. The third-order valence-corrected chi connectivity index (χ3v) is 6.69. The molecule has 2 heterocycles. The van der Waals surface area contributed by atoms with Crippen molar-refractivity contribution >= 4 is 44.3 Å². The molecular weight excluding hydrogens is 514 g/mol. The normalized spacial score (nSPS) is 13.8. The van der Waals surface area contributed by atoms with Crippen molar-refractivity contribution in [1.29, 1.82) is 0 Å². The highest BCUT2D eigenvalue weighted by atomic mass is 32.2. The van der Waals surface area contributed by atoms with Crippen LogP contribution in [0.3, 0.4) is 0 Å². The van der Waals surface area contributed by atoms with Crippen LogP contribution >= 0.6 is 11.3 Å². The number of alkyl carbamates (subject to hydrolysis) is 1. The van der Waals surface area contributed by atoms with Crippen molar-refractivity contribution in [3.63, 3.8) is 0 Å². The number of nitro benzene ring substituents is 1. The van der Waals surface area contributed by atoms with E-state index in [-0.39, 0.29) is 43.0 Å². The van der Waals surface area contributed by atoms with Crippen molar-refractivity contribution in [2.24, 2.45) is 0 Å². The van der Waals surface area contributed by atoms with Crippen molar-refractivity contribution in [2.45, 2.75) is 32.6 Å². The van der Waals surface area contributed by atoms with Gasteiger partial charge in [0, 0.05) is 49.7 Å². The molecule has 2 aromatic rings. The molecule has 0 aliphatic carbocycles. The third kappa shape index (κ3) is 7.60. The van der Waals surface area contributed by atoms with Gasteiger partial charge in [-0.25, -0.2) is 9.78 Å². The van der Waals surface area contributed by atoms with Gasteiger partial charge in [0.05, 0.1) is 11.2 Å². The van der Waals surface area contributed by atoms with Gasteiger partial charge >= 0.3 is 6.09 Å². The minimum Gasteiger partial charge on any atom is -0.445 e. The molecule has 0 radical (unpaired) electrons. The van der Waals surface area contributed by atoms with Gasteiger partial charge in [0.2, 0.25) is 0 Å². The van der Waals surface area contributed by atoms with E-state index in [1.807, 2.05) is 18.7 Å². The van der Waals surface area contributed by atoms with Crippen LogP contribution in [0.25, 0.3) is 0 Å². The Morgan fingerprint density at radius 3 is 2.56 bits per heavy atom. The number of ether oxygens (including phenoxy) is 1. The summed E-state index contributed by atoms with van der Waals surface area (Å²) in [6, 6.07) is 5.52. The highest BCUT2D eigenvalue weighted by Gasteiger charge is 2.33. The van der Waals surface area contributed by atoms with E-state index < -0.39 is 27.2 Å². The lowest BCUT2D eigenvalue weighted by molar-refractivity contribution is -0.384. The van der Waals surface area contributed by atoms with Gasteiger partial charge in [-0.15, -0.1) is 11.3 Å². The van der Waals surface area contributed by atoms with Crippen molar-refractivity contribution in [1.82, 2.24) is 15.2 Å². The van der Waals surface area contributed by atoms with Crippen molar-refractivity contribution in [2.75, 3.05) is 37.3 Å². The van der Waals surface area contributed by atoms with E-state index in [2.05, 4.69) is 10.3 Å². The number of hydrogen-bond donors (Lipinski definition) is 1. The third-order valence-electron chi connectivity index (χ3n) is 5.16. The first-order valence-electron chi connectivity index (χ1n) is 11.0. The number of amides is 2. The SMILES string of the molecule is CC(C)N(CCNC(=O)OCc1ccc([N+](=O)[O-])cc1)C(=O)c1csc(N2CC(OS(C)(=O)=O)C2)n1. The Hall–Kier alpha value is -3.30. The Kier molecular flexibility index (Phi) is 8.81. The van der Waals surface area contributed by atoms with Crippen LogP contribution in [-0.2, 0) is 25.6 Å². The molecule has 15 heteroatoms. The van der Waals surface area contributed by atoms with Crippen LogP contribution in [0, 0.1) is 10.1 Å². The second kappa shape index (κ2) is 11.6. The first-order chi connectivity index (χ1) is 16.9. The molecule has 0 bridgehead atoms. The maximum absolute atomic E-state index is 13.0. The molecule has 0 spiro atoms. The number of nitro groups is 1. The Morgan fingerprint density at radius 2 is 1.97 bits per heavy atom. The van der Waals surface area contributed by atoms with Crippen LogP contribution in [0.4, 0.5) is 15.6 Å². The first kappa shape index (κ1) is 27.3. The zero-order valence-corrected chi connectivity index (χ0v) is 21.6. The lowest BCUT2D eigenvalue weighted by Crippen LogP contribution is -2.53. The Balaban J connectivity index is 1.45. The summed E-state index contributed by atoms with van der Waals surface area (Å²) in [6.07, 6.45) is -0.102. The van der Waals surface area contributed by atoms with E-state index in [1.165, 1.54) is 35.6 Å². The molecule has 1 aromatic carbocycles. The summed E-state index contributed by atoms with van der Waals surface area (Å²) < 4.78 is 32.5. The molecule has 1 N–H and O–H groups in total. The second-order valence-electron chi connectivity index (χ2n) is 8.36. The van der Waals surface area contributed by atoms with Gasteiger partial charge in [-0.3, -0.25) is 19.1 Å². The fourth-order valence-corrected chi connectivity index (χ4v) is 4.78. The Bertz CT molecular complexity index is 1190. The van der Waals surface area contributed by atoms with Gasteiger partial charge in [-0.2, -0.15) is 8.42 Å². The fourth-order valence-electron chi connectivity index (χ4n) is 3.34. The first-order valence-corrected chi connectivity index (χ1v) is 13.7. The second-order valence-corrected chi connectivity index (χ2v) is 10.8. The van der Waals surface area contributed by atoms with Gasteiger partial charge in [0.15, 0.2) is 5.13 Å². The molecule has 36 heavy (non-hydrogen) atoms. The number of rotatable bonds is 11. The summed E-state index contributed by atoms with van der Waals surface area (Å²) in [5, 5.41) is 15.5. The Labute approximate surface area is 212 Å². The van der Waals surface area contributed by atoms with Gasteiger partial charge in [-0.1, -0.05) is 0 Å². The zero-order chi connectivity index (χ0) is 26.5. The largest absolute Gasteiger partial charge is 0.445 e. The smallest absolute Gasteiger partial charge is 0.407 e. The molecule has 0 atom stereocenters. The van der Waals surface area contributed by atoms with E-state index in [9.17, 15) is 28.1 Å². The summed E-state index contributed by atoms with van der Waals surface area (Å²) in [5.41, 5.74) is 0.811. The van der Waals surface area contributed by atoms with Crippen LogP contribution in [-0.4, -0.2) is 79.8 Å². The Morgan fingerprint density at radius 1 is 1.31 bits per heavy atom. The van der Waals surface area contributed by atoms with E-state index in [0.717, 1.165) is 6.26 Å². The quantitative estimate of drug-likeness (QED) is 0.253. The van der Waals surface area contributed by atoms with Crippen LogP contribution in [0.1, 0.15) is 29.9 Å². The maximum atomic E-state index is 13.0. The number of nitrogens with one attached hydrogen (secondary N) is 1. The average Bonchev–Trinajstić information content (AvgIpc) is 3.26. The molecule has 1 fully saturated rings. The molecule has 0 saturated carbocycles. The summed E-state index contributed by atoms with van der Waals surface area (Å²) >= 11 is 1.28. The lowest BCUT2D eigenvalue weighted by Gasteiger charge is -2.37. The summed E-state index contributed by atoms with van der Waals surface area (Å²) in [5.74, 6) is -0.294. The standard InChI is InChI=1S/C21H27N5O8S2/c1-14(2)25(9-8-22-21(28)33-12-15-4-6-16(7-5-15)26(29)30)19(27)18-13-35-20(23-18)24-10-17(11-24)34-36(3,31)32/h4-7,13-14,17H,8-12H2,1-3H3,(H,22,28). The number of thiazole rings is 1. The van der Waals surface area contributed by atoms with Crippen molar-refractivity contribution in [3.05, 3.63) is 51.0 Å². The minimum atomic E-state index is -3.52. The number of hydrogen-bond acceptors (Lipinski definition) is 11. The number of non-ortho nitro benzene ring substituents is 1. The molecule has 2 amide bonds. The highest BCUT2D eigenvalue weighted by molar-refractivity contribution is 7.86. The van der Waals surface area contributed by atoms with Gasteiger partial charge in [-0.05, 0) is 31.5 Å². The van der Waals surface area contributed by atoms with Gasteiger partial charge in [0.25, 0.3) is 21.7 Å². The number of carbonyl (C=O) groups is 2. The van der Waals surface area contributed by atoms with Crippen LogP contribution in [0.5, 0.6) is 0 Å². The molecule has 196 valence electrons. The summed E-state index contributed by atoms with van der Waals surface area (Å²) in [7, 11) is -3.52. The van der Waals surface area contributed by atoms with E-state index in [0.29, 0.717) is 23.8 Å². The number of anilines is 1. The number of nitrogens with zero attached hydrogens (tertiary/aromatic N) is 4. The van der Waals surface area contributed by atoms with E-state index in [1.54, 1.807) is 10.3 Å². The highest BCUT2D eigenvalue weighted by Crippen LogP contribution is 2.27. The molecule has 0 unspecified atom stereocenters. The number of benzene rings is 1. The minimum absolute atomic E-state index is 0.0508. The summed E-state index contributed by atoms with van der Waals surface area (Å²) in [6.45, 7) is 4.76. The van der Waals surface area contributed by atoms with Gasteiger partial charge < -0.3 is 19.9 Å². The van der Waals surface area contributed by atoms with E-state index in [4.69, 9.17) is 8.92 Å². The van der Waals surface area contributed by atoms with Crippen molar-refractivity contribution < 1.29 is 31.9 Å².